The van der Waals surface area contributed by atoms with Gasteiger partial charge in [0.25, 0.3) is 0 Å². The number of anilines is 1. The molecule has 1 N–H and O–H groups in total. The fourth-order valence-electron chi connectivity index (χ4n) is 3.01. The molecule has 0 radical (unpaired) electrons. The lowest BCUT2D eigenvalue weighted by atomic mass is 9.89. The zero-order valence-electron chi connectivity index (χ0n) is 13.3. The average molecular weight is 393 g/mol. The predicted molar refractivity (Wildman–Crippen MR) is 99.0 cm³/mol. The van der Waals surface area contributed by atoms with Gasteiger partial charge in [-0.15, -0.1) is 11.3 Å². The van der Waals surface area contributed by atoms with Crippen LogP contribution in [0.1, 0.15) is 48.2 Å². The van der Waals surface area contributed by atoms with Gasteiger partial charge in [0, 0.05) is 21.7 Å². The molecule has 0 unspecified atom stereocenters. The minimum atomic E-state index is 0.147. The van der Waals surface area contributed by atoms with Crippen molar-refractivity contribution in [3.05, 3.63) is 44.9 Å². The van der Waals surface area contributed by atoms with Gasteiger partial charge in [-0.2, -0.15) is 0 Å². The van der Waals surface area contributed by atoms with Crippen molar-refractivity contribution >= 4 is 38.3 Å². The van der Waals surface area contributed by atoms with Crippen molar-refractivity contribution in [2.75, 3.05) is 5.32 Å². The molecular weight excluding hydrogens is 372 g/mol. The Balaban J connectivity index is 1.65. The normalized spacial score (nSPS) is 15.6. The van der Waals surface area contributed by atoms with Crippen LogP contribution in [-0.2, 0) is 11.2 Å². The fourth-order valence-corrected chi connectivity index (χ4v) is 4.27. The number of hydrogen-bond donors (Lipinski definition) is 1. The van der Waals surface area contributed by atoms with Crippen LogP contribution in [0.15, 0.2) is 28.7 Å². The maximum Gasteiger partial charge on any atom is 0.229 e. The number of halogens is 1. The maximum absolute atomic E-state index is 12.3. The summed E-state index contributed by atoms with van der Waals surface area (Å²) in [6.07, 6.45) is 6.49. The maximum atomic E-state index is 12.3. The molecule has 3 rings (SSSR count). The van der Waals surface area contributed by atoms with E-state index in [0.717, 1.165) is 34.6 Å². The number of nitrogens with one attached hydrogen (secondary N) is 1. The lowest BCUT2D eigenvalue weighted by Crippen LogP contribution is -2.24. The summed E-state index contributed by atoms with van der Waals surface area (Å²) in [4.78, 5) is 18.1. The number of nitrogens with zero attached hydrogens (tertiary/aromatic N) is 1. The Morgan fingerprint density at radius 1 is 1.26 bits per heavy atom. The third kappa shape index (κ3) is 4.42. The van der Waals surface area contributed by atoms with E-state index < -0.39 is 0 Å². The van der Waals surface area contributed by atoms with Crippen molar-refractivity contribution in [3.63, 3.8) is 0 Å². The summed E-state index contributed by atoms with van der Waals surface area (Å²) in [6, 6.07) is 8.34. The second-order valence-corrected chi connectivity index (χ2v) is 8.15. The van der Waals surface area contributed by atoms with E-state index in [0.29, 0.717) is 0 Å². The first-order valence-corrected chi connectivity index (χ1v) is 9.74. The number of carbonyl (C=O) groups excluding carboxylic acids is 1. The van der Waals surface area contributed by atoms with Gasteiger partial charge in [-0.25, -0.2) is 4.98 Å². The van der Waals surface area contributed by atoms with Crippen molar-refractivity contribution in [1.82, 2.24) is 4.98 Å². The highest BCUT2D eigenvalue weighted by Gasteiger charge is 2.22. The van der Waals surface area contributed by atoms with E-state index >= 15 is 0 Å². The van der Waals surface area contributed by atoms with Gasteiger partial charge < -0.3 is 5.32 Å². The van der Waals surface area contributed by atoms with E-state index in [1.807, 2.05) is 6.92 Å². The molecule has 1 amide bonds. The molecule has 5 heteroatoms. The van der Waals surface area contributed by atoms with Gasteiger partial charge >= 0.3 is 0 Å². The molecule has 2 aromatic rings. The molecule has 1 aromatic heterocycles. The van der Waals surface area contributed by atoms with Gasteiger partial charge in [0.15, 0.2) is 5.13 Å². The van der Waals surface area contributed by atoms with Crippen LogP contribution in [0.25, 0.3) is 0 Å². The van der Waals surface area contributed by atoms with Gasteiger partial charge in [-0.1, -0.05) is 47.3 Å². The molecule has 0 saturated heterocycles. The Morgan fingerprint density at radius 3 is 2.65 bits per heavy atom. The van der Waals surface area contributed by atoms with Crippen molar-refractivity contribution in [2.45, 2.75) is 45.4 Å². The van der Waals surface area contributed by atoms with Gasteiger partial charge in [0.05, 0.1) is 5.69 Å². The van der Waals surface area contributed by atoms with Gasteiger partial charge in [-0.05, 0) is 37.5 Å². The molecule has 3 nitrogen and oxygen atoms in total. The summed E-state index contributed by atoms with van der Waals surface area (Å²) < 4.78 is 1.09. The van der Waals surface area contributed by atoms with Gasteiger partial charge in [-0.3, -0.25) is 4.79 Å². The van der Waals surface area contributed by atoms with Crippen molar-refractivity contribution in [3.8, 4) is 0 Å². The molecule has 1 aliphatic carbocycles. The van der Waals surface area contributed by atoms with Crippen LogP contribution in [0.5, 0.6) is 0 Å². The Bertz CT molecular complexity index is 675. The zero-order valence-corrected chi connectivity index (χ0v) is 15.7. The first-order chi connectivity index (χ1) is 11.1. The minimum absolute atomic E-state index is 0.147. The molecular formula is C18H21BrN2OS. The number of carbonyl (C=O) groups is 1. The quantitative estimate of drug-likeness (QED) is 0.764. The van der Waals surface area contributed by atoms with Gasteiger partial charge in [0.2, 0.25) is 5.91 Å². The third-order valence-electron chi connectivity index (χ3n) is 4.38. The first-order valence-electron chi connectivity index (χ1n) is 8.13. The molecule has 0 atom stereocenters. The second-order valence-electron chi connectivity index (χ2n) is 6.16. The molecule has 1 aromatic carbocycles. The third-order valence-corrected chi connectivity index (χ3v) is 5.98. The molecule has 1 heterocycles. The topological polar surface area (TPSA) is 42.0 Å². The van der Waals surface area contributed by atoms with Crippen LogP contribution >= 0.6 is 27.3 Å². The number of amides is 1. The number of rotatable bonds is 4. The van der Waals surface area contributed by atoms with Gasteiger partial charge in [0.1, 0.15) is 0 Å². The smallest absolute Gasteiger partial charge is 0.229 e. The number of hydrogen-bond acceptors (Lipinski definition) is 3. The van der Waals surface area contributed by atoms with Crippen LogP contribution < -0.4 is 5.32 Å². The van der Waals surface area contributed by atoms with E-state index in [2.05, 4.69) is 50.5 Å². The Morgan fingerprint density at radius 2 is 1.96 bits per heavy atom. The summed E-state index contributed by atoms with van der Waals surface area (Å²) in [5.41, 5.74) is 2.27. The van der Waals surface area contributed by atoms with Crippen LogP contribution in [0.4, 0.5) is 5.13 Å². The summed E-state index contributed by atoms with van der Waals surface area (Å²) in [7, 11) is 0. The Labute approximate surface area is 149 Å². The van der Waals surface area contributed by atoms with Crippen LogP contribution in [0.2, 0.25) is 0 Å². The predicted octanol–water partition coefficient (Wildman–Crippen LogP) is 5.32. The minimum Gasteiger partial charge on any atom is -0.302 e. The zero-order chi connectivity index (χ0) is 16.2. The summed E-state index contributed by atoms with van der Waals surface area (Å²) in [6.45, 7) is 2.01. The monoisotopic (exact) mass is 392 g/mol. The SMILES string of the molecule is Cc1nc(NC(=O)C2CCCCC2)sc1Cc1ccc(Br)cc1. The highest BCUT2D eigenvalue weighted by molar-refractivity contribution is 9.10. The molecule has 1 fully saturated rings. The number of benzene rings is 1. The second kappa shape index (κ2) is 7.58. The molecule has 1 aliphatic rings. The van der Waals surface area contributed by atoms with E-state index in [4.69, 9.17) is 0 Å². The van der Waals surface area contributed by atoms with E-state index in [1.54, 1.807) is 11.3 Å². The van der Waals surface area contributed by atoms with E-state index in [1.165, 1.54) is 29.7 Å². The molecule has 0 aliphatic heterocycles. The standard InChI is InChI=1S/C18H21BrN2OS/c1-12-16(11-13-7-9-15(19)10-8-13)23-18(20-12)21-17(22)14-5-3-2-4-6-14/h7-10,14H,2-6,11H2,1H3,(H,20,21,22). The Hall–Kier alpha value is -1.20. The summed E-state index contributed by atoms with van der Waals surface area (Å²) in [5, 5.41) is 3.77. The number of thiazole rings is 1. The molecule has 0 bridgehead atoms. The highest BCUT2D eigenvalue weighted by Crippen LogP contribution is 2.28. The summed E-state index contributed by atoms with van der Waals surface area (Å²) in [5.74, 6) is 0.316. The van der Waals surface area contributed by atoms with Crippen molar-refractivity contribution in [1.29, 1.82) is 0 Å². The molecule has 1 saturated carbocycles. The lowest BCUT2D eigenvalue weighted by Gasteiger charge is -2.19. The molecule has 122 valence electrons. The summed E-state index contributed by atoms with van der Waals surface area (Å²) >= 11 is 5.05. The number of aryl methyl sites for hydroxylation is 1. The van der Waals surface area contributed by atoms with Crippen LogP contribution in [0, 0.1) is 12.8 Å². The fraction of sp³-hybridized carbons (Fsp3) is 0.444. The first kappa shape index (κ1) is 16.7. The average Bonchev–Trinajstić information content (AvgIpc) is 2.90. The van der Waals surface area contributed by atoms with Crippen LogP contribution in [0.3, 0.4) is 0 Å². The van der Waals surface area contributed by atoms with Crippen LogP contribution in [-0.4, -0.2) is 10.9 Å². The highest BCUT2D eigenvalue weighted by atomic mass is 79.9. The lowest BCUT2D eigenvalue weighted by molar-refractivity contribution is -0.120. The molecule has 23 heavy (non-hydrogen) atoms. The molecule has 0 spiro atoms. The van der Waals surface area contributed by atoms with E-state index in [-0.39, 0.29) is 11.8 Å². The number of aromatic nitrogens is 1. The van der Waals surface area contributed by atoms with Crippen molar-refractivity contribution in [2.24, 2.45) is 5.92 Å². The van der Waals surface area contributed by atoms with Crippen molar-refractivity contribution < 1.29 is 4.79 Å². The largest absolute Gasteiger partial charge is 0.302 e. The Kier molecular flexibility index (Phi) is 5.49. The van der Waals surface area contributed by atoms with E-state index in [9.17, 15) is 4.79 Å².